The Morgan fingerprint density at radius 3 is 1.21 bits per heavy atom. The Hall–Kier alpha value is -5.80. The van der Waals surface area contributed by atoms with E-state index in [0.29, 0.717) is 0 Å². The van der Waals surface area contributed by atoms with Crippen molar-refractivity contribution in [3.05, 3.63) is 168 Å². The summed E-state index contributed by atoms with van der Waals surface area (Å²) in [6, 6.07) is 55.9. The molecule has 0 spiro atoms. The van der Waals surface area contributed by atoms with Gasteiger partial charge in [0.05, 0.1) is 0 Å². The average Bonchev–Trinajstić information content (AvgIpc) is 3.95. The van der Waals surface area contributed by atoms with E-state index in [9.17, 15) is 0 Å². The molecule has 0 bridgehead atoms. The second-order valence-electron chi connectivity index (χ2n) is 14.7. The van der Waals surface area contributed by atoms with E-state index in [0.717, 1.165) is 12.8 Å². The first kappa shape index (κ1) is 27.9. The second-order valence-corrected chi connectivity index (χ2v) is 16.8. The summed E-state index contributed by atoms with van der Waals surface area (Å²) in [5.74, 6) is 0. The van der Waals surface area contributed by atoms with E-state index >= 15 is 0 Å². The number of benzene rings is 8. The van der Waals surface area contributed by atoms with Gasteiger partial charge in [0.15, 0.2) is 0 Å². The molecule has 0 fully saturated rings. The van der Waals surface area contributed by atoms with Crippen LogP contribution in [0.2, 0.25) is 0 Å². The van der Waals surface area contributed by atoms with Gasteiger partial charge in [0.1, 0.15) is 0 Å². The molecule has 0 radical (unpaired) electrons. The van der Waals surface area contributed by atoms with Gasteiger partial charge in [0.25, 0.3) is 0 Å². The second kappa shape index (κ2) is 9.95. The van der Waals surface area contributed by atoms with Gasteiger partial charge in [0, 0.05) is 40.3 Å². The highest BCUT2D eigenvalue weighted by Gasteiger charge is 2.33. The van der Waals surface area contributed by atoms with Gasteiger partial charge in [-0.1, -0.05) is 109 Å². The van der Waals surface area contributed by atoms with Crippen LogP contribution >= 0.6 is 22.7 Å². The fraction of sp³-hybridized carbons (Fsp3) is 0.0400. The fourth-order valence-electron chi connectivity index (χ4n) is 9.89. The molecule has 52 heavy (non-hydrogen) atoms. The van der Waals surface area contributed by atoms with Gasteiger partial charge in [-0.3, -0.25) is 0 Å². The summed E-state index contributed by atoms with van der Waals surface area (Å²) in [5.41, 5.74) is 22.2. The van der Waals surface area contributed by atoms with Gasteiger partial charge in [-0.2, -0.15) is 0 Å². The zero-order chi connectivity index (χ0) is 33.7. The van der Waals surface area contributed by atoms with Crippen molar-refractivity contribution in [2.75, 3.05) is 0 Å². The normalized spacial score (nSPS) is 13.2. The van der Waals surface area contributed by atoms with Crippen LogP contribution in [0.3, 0.4) is 0 Å². The van der Waals surface area contributed by atoms with Crippen LogP contribution in [0.4, 0.5) is 0 Å². The zero-order valence-corrected chi connectivity index (χ0v) is 29.7. The van der Waals surface area contributed by atoms with Crippen molar-refractivity contribution in [1.82, 2.24) is 0 Å². The molecular weight excluding hydrogens is 665 g/mol. The molecule has 240 valence electrons. The van der Waals surface area contributed by atoms with Crippen molar-refractivity contribution in [2.24, 2.45) is 0 Å². The monoisotopic (exact) mass is 692 g/mol. The van der Waals surface area contributed by atoms with Crippen LogP contribution in [-0.4, -0.2) is 0 Å². The first-order chi connectivity index (χ1) is 25.8. The number of hydrogen-bond acceptors (Lipinski definition) is 2. The molecular formula is C50H28S2. The molecule has 2 heteroatoms. The molecule has 8 aromatic carbocycles. The number of hydrogen-bond donors (Lipinski definition) is 0. The number of rotatable bonds is 0. The van der Waals surface area contributed by atoms with Crippen LogP contribution in [0.15, 0.2) is 146 Å². The quantitative estimate of drug-likeness (QED) is 0.148. The molecule has 0 unspecified atom stereocenters. The Balaban J connectivity index is 1.25. The highest BCUT2D eigenvalue weighted by molar-refractivity contribution is 7.26. The first-order valence-electron chi connectivity index (χ1n) is 18.2. The minimum absolute atomic E-state index is 0.950. The van der Waals surface area contributed by atoms with E-state index in [1.165, 1.54) is 129 Å². The van der Waals surface area contributed by atoms with Crippen molar-refractivity contribution in [2.45, 2.75) is 12.8 Å². The molecule has 0 saturated heterocycles. The topological polar surface area (TPSA) is 0 Å². The summed E-state index contributed by atoms with van der Waals surface area (Å²) in [5, 5.41) is 5.39. The lowest BCUT2D eigenvalue weighted by Gasteiger charge is -2.27. The third-order valence-electron chi connectivity index (χ3n) is 12.1. The average molecular weight is 693 g/mol. The van der Waals surface area contributed by atoms with E-state index in [1.54, 1.807) is 0 Å². The predicted octanol–water partition coefficient (Wildman–Crippen LogP) is 14.5. The van der Waals surface area contributed by atoms with E-state index in [2.05, 4.69) is 146 Å². The van der Waals surface area contributed by atoms with Crippen LogP contribution < -0.4 is 0 Å². The molecule has 13 rings (SSSR count). The van der Waals surface area contributed by atoms with Crippen LogP contribution in [0.1, 0.15) is 22.3 Å². The largest absolute Gasteiger partial charge is 0.135 e. The summed E-state index contributed by atoms with van der Waals surface area (Å²) >= 11 is 3.85. The molecule has 3 aliphatic carbocycles. The summed E-state index contributed by atoms with van der Waals surface area (Å²) in [6.45, 7) is 0. The van der Waals surface area contributed by atoms with Crippen molar-refractivity contribution in [3.8, 4) is 66.8 Å². The molecule has 0 aliphatic heterocycles. The van der Waals surface area contributed by atoms with E-state index < -0.39 is 0 Å². The Labute approximate surface area is 308 Å². The van der Waals surface area contributed by atoms with E-state index in [1.807, 2.05) is 22.7 Å². The summed E-state index contributed by atoms with van der Waals surface area (Å²) < 4.78 is 5.40. The molecule has 3 aliphatic rings. The molecule has 0 atom stereocenters. The van der Waals surface area contributed by atoms with E-state index in [4.69, 9.17) is 0 Å². The summed E-state index contributed by atoms with van der Waals surface area (Å²) in [7, 11) is 0. The van der Waals surface area contributed by atoms with Crippen LogP contribution in [0.25, 0.3) is 107 Å². The lowest BCUT2D eigenvalue weighted by Crippen LogP contribution is -2.02. The Morgan fingerprint density at radius 1 is 0.288 bits per heavy atom. The van der Waals surface area contributed by atoms with Gasteiger partial charge < -0.3 is 0 Å². The van der Waals surface area contributed by atoms with Crippen molar-refractivity contribution < 1.29 is 0 Å². The molecule has 0 saturated carbocycles. The zero-order valence-electron chi connectivity index (χ0n) is 28.1. The third kappa shape index (κ3) is 3.56. The molecule has 0 N–H and O–H groups in total. The lowest BCUT2D eigenvalue weighted by atomic mass is 9.76. The van der Waals surface area contributed by atoms with Crippen LogP contribution in [-0.2, 0) is 12.8 Å². The minimum atomic E-state index is 0.950. The maximum atomic E-state index is 2.55. The highest BCUT2D eigenvalue weighted by atomic mass is 32.1. The molecule has 2 aromatic heterocycles. The summed E-state index contributed by atoms with van der Waals surface area (Å²) in [6.07, 6.45) is 1.90. The maximum Gasteiger partial charge on any atom is 0.0362 e. The van der Waals surface area contributed by atoms with Crippen molar-refractivity contribution in [3.63, 3.8) is 0 Å². The smallest absolute Gasteiger partial charge is 0.0362 e. The molecule has 2 heterocycles. The Kier molecular flexibility index (Phi) is 5.33. The third-order valence-corrected chi connectivity index (χ3v) is 14.4. The van der Waals surface area contributed by atoms with Gasteiger partial charge >= 0.3 is 0 Å². The molecule has 10 aromatic rings. The highest BCUT2D eigenvalue weighted by Crippen LogP contribution is 2.57. The van der Waals surface area contributed by atoms with E-state index in [-0.39, 0.29) is 0 Å². The van der Waals surface area contributed by atoms with Crippen molar-refractivity contribution >= 4 is 63.0 Å². The van der Waals surface area contributed by atoms with Crippen molar-refractivity contribution in [1.29, 1.82) is 0 Å². The van der Waals surface area contributed by atoms with Crippen LogP contribution in [0.5, 0.6) is 0 Å². The predicted molar refractivity (Wildman–Crippen MR) is 224 cm³/mol. The van der Waals surface area contributed by atoms with Gasteiger partial charge in [-0.15, -0.1) is 22.7 Å². The fourth-order valence-corrected chi connectivity index (χ4v) is 12.1. The standard InChI is InChI=1S/C50H28S2/c1-3-11-29-27(9-1)21-41-31(29)17-19-35-36-20-18-32-30-12-4-2-10-28(30)22-42(32)50(36)44-26-48-40(34-14-6-8-16-46(34)52-48)24-38(44)37-23-39-33-13-5-7-15-45(33)51-47(39)25-43(37)49(35)41/h1-20,23-26H,21-22H2. The first-order valence-corrected chi connectivity index (χ1v) is 19.8. The Bertz CT molecular complexity index is 3020. The maximum absolute atomic E-state index is 2.55. The van der Waals surface area contributed by atoms with Gasteiger partial charge in [-0.25, -0.2) is 0 Å². The number of fused-ring (bicyclic) bond motifs is 22. The van der Waals surface area contributed by atoms with Crippen LogP contribution in [0, 0.1) is 0 Å². The summed E-state index contributed by atoms with van der Waals surface area (Å²) in [4.78, 5) is 0. The SMILES string of the molecule is c1ccc2c(c1)Cc1c-2ccc2c1-c1cc3sc4ccccc4c3cc1-c1cc3c(cc1-c1c-2ccc2c1Cc1ccccc1-2)sc1ccccc13. The lowest BCUT2D eigenvalue weighted by molar-refractivity contribution is 1.25. The van der Waals surface area contributed by atoms with Gasteiger partial charge in [-0.05, 0) is 138 Å². The van der Waals surface area contributed by atoms with Gasteiger partial charge in [0.2, 0.25) is 0 Å². The minimum Gasteiger partial charge on any atom is -0.135 e. The Morgan fingerprint density at radius 2 is 0.712 bits per heavy atom. The molecule has 0 nitrogen and oxygen atoms in total. The number of thiophene rings is 2. The molecule has 0 amide bonds.